The molecule has 0 amide bonds. The van der Waals surface area contributed by atoms with Crippen molar-refractivity contribution in [1.29, 1.82) is 0 Å². The third kappa shape index (κ3) is 1.71. The van der Waals surface area contributed by atoms with Gasteiger partial charge in [-0.15, -0.1) is 0 Å². The highest BCUT2D eigenvalue weighted by atomic mass is 32.2. The number of thiocarbonyl (C=S) groups is 1. The number of thioether (sulfide) groups is 1. The highest BCUT2D eigenvalue weighted by Crippen LogP contribution is 2.36. The largest absolute Gasteiger partial charge is 0.349 e. The van der Waals surface area contributed by atoms with Gasteiger partial charge >= 0.3 is 0 Å². The minimum absolute atomic E-state index is 0.255. The van der Waals surface area contributed by atoms with Crippen molar-refractivity contribution in [1.82, 2.24) is 4.90 Å². The third-order valence-corrected chi connectivity index (χ3v) is 4.92. The van der Waals surface area contributed by atoms with Gasteiger partial charge in [0.25, 0.3) is 5.69 Å². The second kappa shape index (κ2) is 3.96. The number of nitro benzene ring substituents is 1. The maximum atomic E-state index is 11.0. The van der Waals surface area contributed by atoms with Gasteiger partial charge in [0, 0.05) is 36.4 Å². The van der Waals surface area contributed by atoms with Crippen LogP contribution in [0.15, 0.2) is 18.2 Å². The van der Waals surface area contributed by atoms with Crippen LogP contribution in [0.25, 0.3) is 0 Å². The Morgan fingerprint density at radius 1 is 1.53 bits per heavy atom. The van der Waals surface area contributed by atoms with Crippen LogP contribution in [0.4, 0.5) is 5.69 Å². The van der Waals surface area contributed by atoms with Crippen LogP contribution in [0.5, 0.6) is 0 Å². The zero-order chi connectivity index (χ0) is 12.0. The molecule has 0 saturated carbocycles. The Morgan fingerprint density at radius 3 is 3.12 bits per heavy atom. The van der Waals surface area contributed by atoms with E-state index in [9.17, 15) is 10.1 Å². The van der Waals surface area contributed by atoms with Gasteiger partial charge in [-0.1, -0.05) is 36.1 Å². The minimum Gasteiger partial charge on any atom is -0.349 e. The molecule has 1 aromatic rings. The molecule has 2 aliphatic rings. The van der Waals surface area contributed by atoms with E-state index in [1.54, 1.807) is 23.9 Å². The molecule has 0 spiro atoms. The van der Waals surface area contributed by atoms with Gasteiger partial charge in [0.05, 0.1) is 4.92 Å². The average Bonchev–Trinajstić information content (AvgIpc) is 2.67. The molecule has 2 aliphatic heterocycles. The van der Waals surface area contributed by atoms with E-state index in [0.29, 0.717) is 12.6 Å². The lowest BCUT2D eigenvalue weighted by Crippen LogP contribution is -2.38. The Balaban J connectivity index is 2.05. The zero-order valence-electron chi connectivity index (χ0n) is 8.96. The van der Waals surface area contributed by atoms with Crippen LogP contribution in [-0.2, 0) is 13.0 Å². The van der Waals surface area contributed by atoms with Gasteiger partial charge in [0.15, 0.2) is 0 Å². The van der Waals surface area contributed by atoms with Crippen molar-refractivity contribution in [3.05, 3.63) is 39.4 Å². The lowest BCUT2D eigenvalue weighted by molar-refractivity contribution is -0.385. The number of nitrogens with zero attached hydrogens (tertiary/aromatic N) is 2. The molecule has 1 saturated heterocycles. The first kappa shape index (κ1) is 11.0. The maximum absolute atomic E-state index is 11.0. The number of hydrogen-bond donors (Lipinski definition) is 0. The van der Waals surface area contributed by atoms with Crippen molar-refractivity contribution in [3.8, 4) is 0 Å². The van der Waals surface area contributed by atoms with Crippen LogP contribution in [0, 0.1) is 10.1 Å². The zero-order valence-corrected chi connectivity index (χ0v) is 10.6. The average molecular weight is 266 g/mol. The lowest BCUT2D eigenvalue weighted by atomic mass is 9.94. The van der Waals surface area contributed by atoms with E-state index >= 15 is 0 Å². The normalized spacial score (nSPS) is 22.2. The SMILES string of the molecule is O=[N+]([O-])c1cccc2c1CC1CSC(=S)N1C2. The van der Waals surface area contributed by atoms with Crippen LogP contribution in [0.2, 0.25) is 0 Å². The Bertz CT molecular complexity index is 518. The van der Waals surface area contributed by atoms with Gasteiger partial charge in [0.2, 0.25) is 0 Å². The predicted molar refractivity (Wildman–Crippen MR) is 71.2 cm³/mol. The Morgan fingerprint density at radius 2 is 2.35 bits per heavy atom. The summed E-state index contributed by atoms with van der Waals surface area (Å²) in [4.78, 5) is 12.9. The van der Waals surface area contributed by atoms with Crippen LogP contribution < -0.4 is 0 Å². The van der Waals surface area contributed by atoms with Crippen molar-refractivity contribution >= 4 is 34.0 Å². The number of fused-ring (bicyclic) bond motifs is 2. The van der Waals surface area contributed by atoms with Gasteiger partial charge in [-0.05, 0) is 5.56 Å². The predicted octanol–water partition coefficient (Wildman–Crippen LogP) is 2.35. The van der Waals surface area contributed by atoms with Crippen LogP contribution >= 0.6 is 24.0 Å². The molecule has 0 N–H and O–H groups in total. The molecule has 0 bridgehead atoms. The Kier molecular flexibility index (Phi) is 2.56. The second-order valence-electron chi connectivity index (χ2n) is 4.23. The smallest absolute Gasteiger partial charge is 0.273 e. The molecule has 6 heteroatoms. The summed E-state index contributed by atoms with van der Waals surface area (Å²) in [6, 6.07) is 5.64. The topological polar surface area (TPSA) is 46.4 Å². The maximum Gasteiger partial charge on any atom is 0.273 e. The van der Waals surface area contributed by atoms with E-state index in [1.807, 2.05) is 6.07 Å². The van der Waals surface area contributed by atoms with Crippen LogP contribution in [-0.4, -0.2) is 25.9 Å². The van der Waals surface area contributed by atoms with E-state index in [0.717, 1.165) is 27.6 Å². The van der Waals surface area contributed by atoms with Gasteiger partial charge in [-0.3, -0.25) is 10.1 Å². The molecule has 1 aromatic carbocycles. The number of rotatable bonds is 1. The summed E-state index contributed by atoms with van der Waals surface area (Å²) >= 11 is 6.96. The van der Waals surface area contributed by atoms with E-state index in [4.69, 9.17) is 12.2 Å². The monoisotopic (exact) mass is 266 g/mol. The molecule has 3 rings (SSSR count). The van der Waals surface area contributed by atoms with E-state index in [2.05, 4.69) is 4.90 Å². The molecule has 1 atom stereocenters. The number of benzene rings is 1. The van der Waals surface area contributed by atoms with Crippen molar-refractivity contribution in [2.45, 2.75) is 19.0 Å². The third-order valence-electron chi connectivity index (χ3n) is 3.30. The molecule has 88 valence electrons. The Labute approximate surface area is 108 Å². The molecule has 0 aromatic heterocycles. The van der Waals surface area contributed by atoms with Crippen molar-refractivity contribution in [2.24, 2.45) is 0 Å². The summed E-state index contributed by atoms with van der Waals surface area (Å²) < 4.78 is 0.923. The molecular weight excluding hydrogens is 256 g/mol. The molecule has 1 unspecified atom stereocenters. The Hall–Kier alpha value is -1.14. The highest BCUT2D eigenvalue weighted by molar-refractivity contribution is 8.23. The fourth-order valence-corrected chi connectivity index (χ4v) is 3.88. The molecule has 0 aliphatic carbocycles. The first-order valence-corrected chi connectivity index (χ1v) is 6.75. The van der Waals surface area contributed by atoms with Crippen molar-refractivity contribution in [2.75, 3.05) is 5.75 Å². The number of hydrogen-bond acceptors (Lipinski definition) is 4. The molecule has 1 fully saturated rings. The lowest BCUT2D eigenvalue weighted by Gasteiger charge is -2.31. The van der Waals surface area contributed by atoms with Gasteiger partial charge < -0.3 is 4.90 Å². The second-order valence-corrected chi connectivity index (χ2v) is 5.89. The van der Waals surface area contributed by atoms with Crippen LogP contribution in [0.3, 0.4) is 0 Å². The molecule has 4 nitrogen and oxygen atoms in total. The molecule has 2 heterocycles. The van der Waals surface area contributed by atoms with Gasteiger partial charge in [-0.25, -0.2) is 0 Å². The van der Waals surface area contributed by atoms with E-state index in [-0.39, 0.29) is 10.6 Å². The number of nitro groups is 1. The fourth-order valence-electron chi connectivity index (χ4n) is 2.45. The van der Waals surface area contributed by atoms with Crippen molar-refractivity contribution < 1.29 is 4.92 Å². The molecule has 0 radical (unpaired) electrons. The summed E-state index contributed by atoms with van der Waals surface area (Å²) in [5, 5.41) is 11.0. The fraction of sp³-hybridized carbons (Fsp3) is 0.364. The van der Waals surface area contributed by atoms with Crippen LogP contribution in [0.1, 0.15) is 11.1 Å². The first-order valence-electron chi connectivity index (χ1n) is 5.35. The first-order chi connectivity index (χ1) is 8.16. The standard InChI is InChI=1S/C11H10N2O2S2/c14-13(15)10-3-1-2-7-5-12-8(4-9(7)10)6-17-11(12)16/h1-3,8H,4-6H2. The van der Waals surface area contributed by atoms with E-state index in [1.165, 1.54) is 0 Å². The van der Waals surface area contributed by atoms with Gasteiger partial charge in [-0.2, -0.15) is 0 Å². The summed E-state index contributed by atoms with van der Waals surface area (Å²) in [5.74, 6) is 0.949. The summed E-state index contributed by atoms with van der Waals surface area (Å²) in [5.41, 5.74) is 2.19. The van der Waals surface area contributed by atoms with Crippen molar-refractivity contribution in [3.63, 3.8) is 0 Å². The summed E-state index contributed by atoms with van der Waals surface area (Å²) in [7, 11) is 0. The minimum atomic E-state index is -0.283. The van der Waals surface area contributed by atoms with E-state index < -0.39 is 0 Å². The highest BCUT2D eigenvalue weighted by Gasteiger charge is 2.36. The van der Waals surface area contributed by atoms with Gasteiger partial charge in [0.1, 0.15) is 4.32 Å². The molecule has 17 heavy (non-hydrogen) atoms. The molecular formula is C11H10N2O2S2. The summed E-state index contributed by atoms with van der Waals surface area (Å²) in [6.07, 6.45) is 0.736. The quantitative estimate of drug-likeness (QED) is 0.443. The summed E-state index contributed by atoms with van der Waals surface area (Å²) in [6.45, 7) is 0.716.